The Kier molecular flexibility index (Phi) is 13.1. The Hall–Kier alpha value is 0.351. The van der Waals surface area contributed by atoms with Crippen LogP contribution in [0.5, 0.6) is 0 Å². The third kappa shape index (κ3) is 11.6. The summed E-state index contributed by atoms with van der Waals surface area (Å²) in [5.41, 5.74) is 2.74. The minimum absolute atomic E-state index is 0. The summed E-state index contributed by atoms with van der Waals surface area (Å²) in [6, 6.07) is 21.1. The fraction of sp³-hybridized carbons (Fsp3) is 0.0769. The van der Waals surface area contributed by atoms with Gasteiger partial charge in [0.2, 0.25) is 0 Å². The van der Waals surface area contributed by atoms with E-state index in [1.165, 1.54) is 11.1 Å². The van der Waals surface area contributed by atoms with E-state index in [2.05, 4.69) is 65.0 Å². The standard InChI is InChI=1S/C13H12.Ba.H4O5P2/c1-3-7-12(8-4-1)11-13-9-5-2-6-10-13;;1-6(2)5-7(3)4/h1-10H,11H2;;6-7H,(H,1,2)(H,3,4)/q;+2;/p-2. The van der Waals surface area contributed by atoms with Gasteiger partial charge in [-0.3, -0.25) is 4.31 Å². The normalized spacial score (nSPS) is 12.3. The van der Waals surface area contributed by atoms with Gasteiger partial charge in [-0.05, 0) is 17.5 Å². The van der Waals surface area contributed by atoms with Gasteiger partial charge in [0.15, 0.2) is 0 Å². The Labute approximate surface area is 165 Å². The first-order valence-corrected chi connectivity index (χ1v) is 8.20. The SMILES string of the molecule is O=[PH]([O-])O[PH](=O)[O-].[Ba+2].c1ccc(Cc2ccccc2)cc1. The van der Waals surface area contributed by atoms with E-state index < -0.39 is 16.5 Å². The molecular formula is C13H14BaO5P2. The molecule has 0 radical (unpaired) electrons. The molecule has 0 heterocycles. The fourth-order valence-electron chi connectivity index (χ4n) is 1.50. The average molecular weight is 450 g/mol. The smallest absolute Gasteiger partial charge is 0.781 e. The van der Waals surface area contributed by atoms with Crippen molar-refractivity contribution in [3.8, 4) is 0 Å². The second kappa shape index (κ2) is 12.9. The van der Waals surface area contributed by atoms with Crippen molar-refractivity contribution in [1.82, 2.24) is 0 Å². The van der Waals surface area contributed by atoms with Crippen LogP contribution >= 0.6 is 16.5 Å². The predicted octanol–water partition coefficient (Wildman–Crippen LogP) is 1.40. The molecule has 0 amide bonds. The zero-order valence-corrected chi connectivity index (χ0v) is 17.7. The van der Waals surface area contributed by atoms with E-state index in [0.717, 1.165) is 6.42 Å². The van der Waals surface area contributed by atoms with Crippen molar-refractivity contribution in [2.75, 3.05) is 0 Å². The summed E-state index contributed by atoms with van der Waals surface area (Å²) in [6.45, 7) is 0. The first-order chi connectivity index (χ1) is 9.58. The Morgan fingerprint density at radius 1 is 0.762 bits per heavy atom. The molecule has 108 valence electrons. The van der Waals surface area contributed by atoms with Crippen LogP contribution in [0, 0.1) is 0 Å². The Morgan fingerprint density at radius 2 is 1.10 bits per heavy atom. The summed E-state index contributed by atoms with van der Waals surface area (Å²) in [7, 11) is -7.03. The van der Waals surface area contributed by atoms with Crippen LogP contribution in [0.1, 0.15) is 11.1 Å². The van der Waals surface area contributed by atoms with Crippen molar-refractivity contribution in [3.63, 3.8) is 0 Å². The minimum atomic E-state index is -3.51. The number of benzene rings is 2. The second-order valence-corrected chi connectivity index (χ2v) is 5.57. The van der Waals surface area contributed by atoms with E-state index >= 15 is 0 Å². The molecule has 0 aromatic heterocycles. The molecule has 0 aliphatic rings. The Morgan fingerprint density at radius 3 is 1.33 bits per heavy atom. The summed E-state index contributed by atoms with van der Waals surface area (Å²) in [4.78, 5) is 18.6. The molecule has 0 fully saturated rings. The zero-order chi connectivity index (χ0) is 14.8. The quantitative estimate of drug-likeness (QED) is 0.520. The van der Waals surface area contributed by atoms with Crippen molar-refractivity contribution in [1.29, 1.82) is 0 Å². The first-order valence-electron chi connectivity index (χ1n) is 5.75. The van der Waals surface area contributed by atoms with Crippen LogP contribution in [0.15, 0.2) is 60.7 Å². The van der Waals surface area contributed by atoms with Crippen molar-refractivity contribution < 1.29 is 23.2 Å². The van der Waals surface area contributed by atoms with E-state index in [4.69, 9.17) is 0 Å². The summed E-state index contributed by atoms with van der Waals surface area (Å²) >= 11 is 0. The molecule has 21 heavy (non-hydrogen) atoms. The van der Waals surface area contributed by atoms with Crippen LogP contribution in [0.4, 0.5) is 0 Å². The van der Waals surface area contributed by atoms with Gasteiger partial charge >= 0.3 is 48.9 Å². The van der Waals surface area contributed by atoms with E-state index in [1.54, 1.807) is 0 Å². The molecule has 2 aromatic carbocycles. The topological polar surface area (TPSA) is 89.5 Å². The maximum atomic E-state index is 9.29. The van der Waals surface area contributed by atoms with Crippen LogP contribution in [0.3, 0.4) is 0 Å². The van der Waals surface area contributed by atoms with E-state index in [1.807, 2.05) is 0 Å². The van der Waals surface area contributed by atoms with Crippen LogP contribution < -0.4 is 9.79 Å². The van der Waals surface area contributed by atoms with Crippen LogP contribution in [-0.4, -0.2) is 48.9 Å². The average Bonchev–Trinajstić information content (AvgIpc) is 2.40. The van der Waals surface area contributed by atoms with Gasteiger partial charge in [-0.15, -0.1) is 0 Å². The van der Waals surface area contributed by atoms with Crippen LogP contribution in [0.2, 0.25) is 0 Å². The minimum Gasteiger partial charge on any atom is -0.781 e. The molecule has 5 nitrogen and oxygen atoms in total. The zero-order valence-electron chi connectivity index (χ0n) is 11.2. The Balaban J connectivity index is 0.000000436. The van der Waals surface area contributed by atoms with Gasteiger partial charge in [-0.2, -0.15) is 0 Å². The molecule has 2 unspecified atom stereocenters. The monoisotopic (exact) mass is 450 g/mol. The molecule has 8 heteroatoms. The molecule has 0 bridgehead atoms. The Bertz CT molecular complexity index is 502. The first kappa shape index (κ1) is 21.4. The van der Waals surface area contributed by atoms with E-state index in [9.17, 15) is 18.9 Å². The van der Waals surface area contributed by atoms with E-state index in [0.29, 0.717) is 0 Å². The van der Waals surface area contributed by atoms with Crippen molar-refractivity contribution >= 4 is 65.4 Å². The van der Waals surface area contributed by atoms with Gasteiger partial charge in [0, 0.05) is 0 Å². The van der Waals surface area contributed by atoms with E-state index in [-0.39, 0.29) is 48.9 Å². The predicted molar refractivity (Wildman–Crippen MR) is 80.5 cm³/mol. The van der Waals surface area contributed by atoms with Crippen molar-refractivity contribution in [3.05, 3.63) is 71.8 Å². The second-order valence-electron chi connectivity index (χ2n) is 3.75. The van der Waals surface area contributed by atoms with Gasteiger partial charge in [0.05, 0.1) is 0 Å². The molecule has 0 aliphatic heterocycles. The van der Waals surface area contributed by atoms with Gasteiger partial charge in [-0.25, -0.2) is 0 Å². The maximum Gasteiger partial charge on any atom is 2.00 e. The van der Waals surface area contributed by atoms with Crippen LogP contribution in [0.25, 0.3) is 0 Å². The summed E-state index contributed by atoms with van der Waals surface area (Å²) in [6.07, 6.45) is 1.03. The molecule has 0 N–H and O–H groups in total. The third-order valence-corrected chi connectivity index (χ3v) is 3.59. The van der Waals surface area contributed by atoms with Crippen molar-refractivity contribution in [2.45, 2.75) is 6.42 Å². The van der Waals surface area contributed by atoms with Crippen LogP contribution in [-0.2, 0) is 19.9 Å². The molecule has 0 spiro atoms. The number of rotatable bonds is 4. The number of hydrogen-bond acceptors (Lipinski definition) is 5. The summed E-state index contributed by atoms with van der Waals surface area (Å²) < 4.78 is 21.8. The summed E-state index contributed by atoms with van der Waals surface area (Å²) in [5, 5.41) is 0. The molecule has 0 saturated heterocycles. The molecule has 0 aliphatic carbocycles. The molecule has 2 aromatic rings. The molecule has 0 saturated carbocycles. The molecular weight excluding hydrogens is 435 g/mol. The van der Waals surface area contributed by atoms with Gasteiger partial charge in [-0.1, -0.05) is 60.7 Å². The summed E-state index contributed by atoms with van der Waals surface area (Å²) in [5.74, 6) is 0. The molecule has 2 atom stereocenters. The largest absolute Gasteiger partial charge is 2.00 e. The number of hydrogen-bond donors (Lipinski definition) is 0. The third-order valence-electron chi connectivity index (χ3n) is 2.26. The van der Waals surface area contributed by atoms with Gasteiger partial charge in [0.25, 0.3) is 0 Å². The van der Waals surface area contributed by atoms with Crippen molar-refractivity contribution in [2.24, 2.45) is 0 Å². The van der Waals surface area contributed by atoms with Gasteiger partial charge < -0.3 is 18.9 Å². The fourth-order valence-corrected chi connectivity index (χ4v) is 2.04. The maximum absolute atomic E-state index is 9.29. The molecule has 2 rings (SSSR count). The van der Waals surface area contributed by atoms with Gasteiger partial charge in [0.1, 0.15) is 16.5 Å².